The van der Waals surface area contributed by atoms with Crippen molar-refractivity contribution in [2.24, 2.45) is 0 Å². The first-order chi connectivity index (χ1) is 7.31. The summed E-state index contributed by atoms with van der Waals surface area (Å²) in [4.78, 5) is 13.0. The number of carbonyl (C=O) groups is 1. The van der Waals surface area contributed by atoms with Crippen molar-refractivity contribution in [2.45, 2.75) is 0 Å². The molecule has 4 heteroatoms. The van der Waals surface area contributed by atoms with Crippen LogP contribution in [0.3, 0.4) is 0 Å². The maximum absolute atomic E-state index is 10.0. The Bertz CT molecular complexity index is 514. The van der Waals surface area contributed by atoms with Gasteiger partial charge in [-0.1, -0.05) is 12.1 Å². The van der Waals surface area contributed by atoms with Crippen molar-refractivity contribution in [1.29, 1.82) is 0 Å². The average Bonchev–Trinajstić information content (AvgIpc) is 2.63. The molecule has 0 fully saturated rings. The molecule has 0 atom stereocenters. The molecule has 4 nitrogen and oxygen atoms in total. The molecule has 15 heavy (non-hydrogen) atoms. The number of fused-ring (bicyclic) bond motifs is 1. The van der Waals surface area contributed by atoms with Crippen molar-refractivity contribution in [3.05, 3.63) is 36.2 Å². The molecule has 0 aliphatic carbocycles. The second kappa shape index (κ2) is 3.88. The highest BCUT2D eigenvalue weighted by Crippen LogP contribution is 2.24. The Morgan fingerprint density at radius 1 is 1.40 bits per heavy atom. The number of para-hydroxylation sites is 1. The van der Waals surface area contributed by atoms with Crippen LogP contribution in [-0.4, -0.2) is 16.5 Å². The lowest BCUT2D eigenvalue weighted by molar-refractivity contribution is -0.108. The summed E-state index contributed by atoms with van der Waals surface area (Å²) in [5.74, 6) is 0.218. The van der Waals surface area contributed by atoms with Gasteiger partial charge < -0.3 is 15.4 Å². The Balaban J connectivity index is 2.39. The second-order valence-corrected chi connectivity index (χ2v) is 3.08. The minimum Gasteiger partial charge on any atom is -0.506 e. The van der Waals surface area contributed by atoms with Gasteiger partial charge in [0.1, 0.15) is 5.75 Å². The molecule has 2 aromatic rings. The van der Waals surface area contributed by atoms with Crippen LogP contribution in [0.1, 0.15) is 5.69 Å². The van der Waals surface area contributed by atoms with Crippen LogP contribution in [-0.2, 0) is 4.79 Å². The fourth-order valence-electron chi connectivity index (χ4n) is 1.43. The first-order valence-corrected chi connectivity index (χ1v) is 4.48. The minimum atomic E-state index is 0.218. The van der Waals surface area contributed by atoms with E-state index in [0.29, 0.717) is 11.9 Å². The van der Waals surface area contributed by atoms with Crippen molar-refractivity contribution in [3.63, 3.8) is 0 Å². The normalized spacial score (nSPS) is 10.9. The zero-order valence-electron chi connectivity index (χ0n) is 7.90. The van der Waals surface area contributed by atoms with E-state index in [2.05, 4.69) is 10.3 Å². The van der Waals surface area contributed by atoms with Gasteiger partial charge in [0, 0.05) is 17.3 Å². The number of carbonyl (C=O) groups excluding carboxylic acids is 1. The van der Waals surface area contributed by atoms with Gasteiger partial charge in [-0.2, -0.15) is 0 Å². The highest BCUT2D eigenvalue weighted by Gasteiger charge is 2.01. The third-order valence-electron chi connectivity index (χ3n) is 2.08. The summed E-state index contributed by atoms with van der Waals surface area (Å²) in [6.07, 6.45) is 3.83. The number of aromatic hydroxyl groups is 1. The number of amides is 1. The molecule has 0 saturated carbocycles. The van der Waals surface area contributed by atoms with Crippen molar-refractivity contribution >= 4 is 23.4 Å². The first-order valence-electron chi connectivity index (χ1n) is 4.48. The van der Waals surface area contributed by atoms with E-state index in [1.165, 1.54) is 6.20 Å². The summed E-state index contributed by atoms with van der Waals surface area (Å²) in [5, 5.41) is 12.9. The number of rotatable bonds is 3. The van der Waals surface area contributed by atoms with E-state index in [9.17, 15) is 9.90 Å². The van der Waals surface area contributed by atoms with Crippen molar-refractivity contribution in [2.75, 3.05) is 0 Å². The number of aromatic amines is 1. The van der Waals surface area contributed by atoms with Crippen LogP contribution >= 0.6 is 0 Å². The van der Waals surface area contributed by atoms with Gasteiger partial charge in [-0.15, -0.1) is 0 Å². The van der Waals surface area contributed by atoms with Gasteiger partial charge in [0.25, 0.3) is 0 Å². The first kappa shape index (κ1) is 9.33. The molecule has 0 saturated heterocycles. The zero-order valence-corrected chi connectivity index (χ0v) is 7.90. The van der Waals surface area contributed by atoms with Crippen LogP contribution in [0, 0.1) is 0 Å². The Morgan fingerprint density at radius 2 is 2.27 bits per heavy atom. The maximum Gasteiger partial charge on any atom is 0.211 e. The van der Waals surface area contributed by atoms with Gasteiger partial charge in [0.15, 0.2) is 0 Å². The van der Waals surface area contributed by atoms with Crippen molar-refractivity contribution in [1.82, 2.24) is 10.3 Å². The van der Waals surface area contributed by atoms with E-state index in [1.807, 2.05) is 12.1 Å². The molecule has 3 N–H and O–H groups in total. The van der Waals surface area contributed by atoms with E-state index in [1.54, 1.807) is 18.2 Å². The average molecular weight is 202 g/mol. The van der Waals surface area contributed by atoms with Crippen molar-refractivity contribution in [3.8, 4) is 5.75 Å². The van der Waals surface area contributed by atoms with Gasteiger partial charge in [-0.05, 0) is 18.2 Å². The second-order valence-electron chi connectivity index (χ2n) is 3.08. The quantitative estimate of drug-likeness (QED) is 0.662. The smallest absolute Gasteiger partial charge is 0.211 e. The van der Waals surface area contributed by atoms with Crippen LogP contribution in [0.25, 0.3) is 17.0 Å². The van der Waals surface area contributed by atoms with Crippen LogP contribution < -0.4 is 5.32 Å². The molecule has 0 spiro atoms. The molecule has 0 aliphatic heterocycles. The Morgan fingerprint density at radius 3 is 3.00 bits per heavy atom. The van der Waals surface area contributed by atoms with Crippen LogP contribution in [0.2, 0.25) is 0 Å². The highest BCUT2D eigenvalue weighted by molar-refractivity contribution is 5.87. The van der Waals surface area contributed by atoms with E-state index in [-0.39, 0.29) is 5.75 Å². The summed E-state index contributed by atoms with van der Waals surface area (Å²) in [6.45, 7) is 0. The molecule has 0 bridgehead atoms. The number of hydrogen-bond donors (Lipinski definition) is 3. The monoisotopic (exact) mass is 202 g/mol. The van der Waals surface area contributed by atoms with Crippen molar-refractivity contribution < 1.29 is 9.90 Å². The number of phenols is 1. The molecular formula is C11H10N2O2. The summed E-state index contributed by atoms with van der Waals surface area (Å²) in [6, 6.07) is 7.19. The molecule has 0 radical (unpaired) electrons. The topological polar surface area (TPSA) is 65.1 Å². The molecular weight excluding hydrogens is 192 g/mol. The molecule has 1 heterocycles. The molecule has 76 valence electrons. The zero-order chi connectivity index (χ0) is 10.7. The van der Waals surface area contributed by atoms with Gasteiger partial charge in [0.2, 0.25) is 6.41 Å². The number of hydrogen-bond acceptors (Lipinski definition) is 2. The van der Waals surface area contributed by atoms with Crippen LogP contribution in [0.15, 0.2) is 30.5 Å². The van der Waals surface area contributed by atoms with E-state index in [0.717, 1.165) is 11.1 Å². The molecule has 1 aromatic heterocycles. The third kappa shape index (κ3) is 1.83. The number of benzene rings is 1. The lowest BCUT2D eigenvalue weighted by Gasteiger charge is -1.91. The lowest BCUT2D eigenvalue weighted by Crippen LogP contribution is -1.97. The molecule has 2 rings (SSSR count). The summed E-state index contributed by atoms with van der Waals surface area (Å²) >= 11 is 0. The predicted molar refractivity (Wildman–Crippen MR) is 58.2 cm³/mol. The Hall–Kier alpha value is -2.23. The van der Waals surface area contributed by atoms with Gasteiger partial charge in [-0.25, -0.2) is 0 Å². The molecule has 1 aromatic carbocycles. The number of nitrogens with one attached hydrogen (secondary N) is 2. The predicted octanol–water partition coefficient (Wildman–Crippen LogP) is 1.59. The van der Waals surface area contributed by atoms with Crippen LogP contribution in [0.4, 0.5) is 0 Å². The molecule has 0 unspecified atom stereocenters. The maximum atomic E-state index is 10.0. The summed E-state index contributed by atoms with van der Waals surface area (Å²) in [7, 11) is 0. The Kier molecular flexibility index (Phi) is 2.41. The van der Waals surface area contributed by atoms with Crippen LogP contribution in [0.5, 0.6) is 5.75 Å². The molecule has 1 amide bonds. The SMILES string of the molecule is O=CNC=Cc1cc2cccc(O)c2[nH]1. The molecule has 0 aliphatic rings. The summed E-state index contributed by atoms with van der Waals surface area (Å²) in [5.41, 5.74) is 1.52. The number of aromatic nitrogens is 1. The van der Waals surface area contributed by atoms with Gasteiger partial charge >= 0.3 is 0 Å². The third-order valence-corrected chi connectivity index (χ3v) is 2.08. The number of phenolic OH excluding ortho intramolecular Hbond substituents is 1. The lowest BCUT2D eigenvalue weighted by atomic mass is 10.2. The fourth-order valence-corrected chi connectivity index (χ4v) is 1.43. The van der Waals surface area contributed by atoms with E-state index >= 15 is 0 Å². The highest BCUT2D eigenvalue weighted by atomic mass is 16.3. The largest absolute Gasteiger partial charge is 0.506 e. The number of H-pyrrole nitrogens is 1. The Labute approximate surface area is 86.2 Å². The minimum absolute atomic E-state index is 0.218. The standard InChI is InChI=1S/C11H10N2O2/c14-7-12-5-4-9-6-8-2-1-3-10(15)11(8)13-9/h1-7,13,15H,(H,12,14). The van der Waals surface area contributed by atoms with Gasteiger partial charge in [-0.3, -0.25) is 4.79 Å². The van der Waals surface area contributed by atoms with E-state index in [4.69, 9.17) is 0 Å². The van der Waals surface area contributed by atoms with Gasteiger partial charge in [0.05, 0.1) is 5.52 Å². The van der Waals surface area contributed by atoms with E-state index < -0.39 is 0 Å². The fraction of sp³-hybridized carbons (Fsp3) is 0. The summed E-state index contributed by atoms with van der Waals surface area (Å²) < 4.78 is 0.